The van der Waals surface area contributed by atoms with Crippen molar-refractivity contribution < 1.29 is 19.1 Å². The molecule has 0 bridgehead atoms. The molecule has 2 aliphatic rings. The van der Waals surface area contributed by atoms with Gasteiger partial charge in [-0.05, 0) is 26.3 Å². The topological polar surface area (TPSA) is 59.1 Å². The zero-order chi connectivity index (χ0) is 19.6. The number of hydrogen-bond acceptors (Lipinski definition) is 5. The van der Waals surface area contributed by atoms with Gasteiger partial charge in [-0.25, -0.2) is 0 Å². The van der Waals surface area contributed by atoms with Crippen molar-refractivity contribution in [1.29, 1.82) is 0 Å². The van der Waals surface area contributed by atoms with Gasteiger partial charge in [-0.3, -0.25) is 14.5 Å². The molecule has 27 heavy (non-hydrogen) atoms. The Labute approximate surface area is 160 Å². The van der Waals surface area contributed by atoms with E-state index in [1.54, 1.807) is 7.11 Å². The van der Waals surface area contributed by atoms with E-state index in [-0.39, 0.29) is 24.0 Å². The number of morpholine rings is 1. The molecule has 3 rings (SSSR count). The molecule has 0 N–H and O–H groups in total. The van der Waals surface area contributed by atoms with Crippen molar-refractivity contribution in [1.82, 2.24) is 9.80 Å². The molecular formula is C21H28N2O4. The van der Waals surface area contributed by atoms with Crippen molar-refractivity contribution in [2.45, 2.75) is 45.8 Å². The molecule has 2 unspecified atom stereocenters. The SMILES string of the molecule is CCCCN1C(=O)C(c2ccccc2OC)=C(N2CC(C)OC(C)C2)C1=O. The first kappa shape index (κ1) is 19.4. The summed E-state index contributed by atoms with van der Waals surface area (Å²) in [4.78, 5) is 29.9. The third-order valence-corrected chi connectivity index (χ3v) is 4.99. The number of methoxy groups -OCH3 is 1. The molecule has 0 spiro atoms. The van der Waals surface area contributed by atoms with Crippen molar-refractivity contribution in [3.63, 3.8) is 0 Å². The van der Waals surface area contributed by atoms with Crippen LogP contribution < -0.4 is 4.74 Å². The minimum atomic E-state index is -0.236. The Balaban J connectivity index is 2.10. The summed E-state index contributed by atoms with van der Waals surface area (Å²) in [6, 6.07) is 7.38. The molecule has 0 aliphatic carbocycles. The van der Waals surface area contributed by atoms with Crippen LogP contribution in [0.2, 0.25) is 0 Å². The molecule has 2 amide bonds. The number of carbonyl (C=O) groups excluding carboxylic acids is 2. The third-order valence-electron chi connectivity index (χ3n) is 4.99. The lowest BCUT2D eigenvalue weighted by molar-refractivity contribution is -0.138. The standard InChI is InChI=1S/C21H28N2O4/c1-5-6-11-23-20(24)18(16-9-7-8-10-17(16)26-4)19(21(23)25)22-12-14(2)27-15(3)13-22/h7-10,14-15H,5-6,11-13H2,1-4H3. The Bertz CT molecular complexity index is 748. The first-order valence-electron chi connectivity index (χ1n) is 9.62. The molecule has 6 heteroatoms. The predicted octanol–water partition coefficient (Wildman–Crippen LogP) is 2.68. The van der Waals surface area contributed by atoms with Gasteiger partial charge in [-0.2, -0.15) is 0 Å². The fourth-order valence-corrected chi connectivity index (χ4v) is 3.83. The van der Waals surface area contributed by atoms with Gasteiger partial charge in [0.1, 0.15) is 11.4 Å². The zero-order valence-corrected chi connectivity index (χ0v) is 16.5. The minimum Gasteiger partial charge on any atom is -0.496 e. The van der Waals surface area contributed by atoms with Crippen LogP contribution in [0.25, 0.3) is 5.57 Å². The summed E-state index contributed by atoms with van der Waals surface area (Å²) in [5.74, 6) is 0.147. The molecule has 1 aromatic carbocycles. The van der Waals surface area contributed by atoms with E-state index in [9.17, 15) is 9.59 Å². The van der Waals surface area contributed by atoms with Gasteiger partial charge in [0.25, 0.3) is 11.8 Å². The number of carbonyl (C=O) groups is 2. The van der Waals surface area contributed by atoms with Crippen molar-refractivity contribution in [3.8, 4) is 5.75 Å². The van der Waals surface area contributed by atoms with E-state index in [1.807, 2.05) is 49.9 Å². The monoisotopic (exact) mass is 372 g/mol. The van der Waals surface area contributed by atoms with Crippen LogP contribution in [0.4, 0.5) is 0 Å². The van der Waals surface area contributed by atoms with E-state index >= 15 is 0 Å². The fourth-order valence-electron chi connectivity index (χ4n) is 3.83. The summed E-state index contributed by atoms with van der Waals surface area (Å²) < 4.78 is 11.3. The highest BCUT2D eigenvalue weighted by Gasteiger charge is 2.43. The lowest BCUT2D eigenvalue weighted by Crippen LogP contribution is -2.47. The maximum absolute atomic E-state index is 13.2. The number of hydrogen-bond donors (Lipinski definition) is 0. The Morgan fingerprint density at radius 3 is 2.41 bits per heavy atom. The maximum atomic E-state index is 13.2. The number of benzene rings is 1. The van der Waals surface area contributed by atoms with Gasteiger partial charge >= 0.3 is 0 Å². The van der Waals surface area contributed by atoms with Crippen molar-refractivity contribution >= 4 is 17.4 Å². The summed E-state index contributed by atoms with van der Waals surface area (Å²) in [6.07, 6.45) is 1.70. The highest BCUT2D eigenvalue weighted by molar-refractivity contribution is 6.36. The second-order valence-corrected chi connectivity index (χ2v) is 7.20. The smallest absolute Gasteiger partial charge is 0.277 e. The molecule has 2 aliphatic heterocycles. The molecule has 0 radical (unpaired) electrons. The zero-order valence-electron chi connectivity index (χ0n) is 16.5. The second kappa shape index (κ2) is 8.13. The van der Waals surface area contributed by atoms with Crippen LogP contribution >= 0.6 is 0 Å². The maximum Gasteiger partial charge on any atom is 0.277 e. The fraction of sp³-hybridized carbons (Fsp3) is 0.524. The van der Waals surface area contributed by atoms with E-state index in [0.29, 0.717) is 42.2 Å². The van der Waals surface area contributed by atoms with E-state index < -0.39 is 0 Å². The van der Waals surface area contributed by atoms with Gasteiger partial charge in [-0.1, -0.05) is 31.5 Å². The van der Waals surface area contributed by atoms with Crippen LogP contribution in [0.5, 0.6) is 5.75 Å². The third kappa shape index (κ3) is 3.72. The van der Waals surface area contributed by atoms with E-state index in [2.05, 4.69) is 0 Å². The van der Waals surface area contributed by atoms with Crippen LogP contribution in [0.3, 0.4) is 0 Å². The van der Waals surface area contributed by atoms with Crippen molar-refractivity contribution in [3.05, 3.63) is 35.5 Å². The predicted molar refractivity (Wildman–Crippen MR) is 103 cm³/mol. The first-order valence-corrected chi connectivity index (χ1v) is 9.62. The van der Waals surface area contributed by atoms with Crippen LogP contribution in [0.1, 0.15) is 39.2 Å². The Morgan fingerprint density at radius 1 is 1.11 bits per heavy atom. The average molecular weight is 372 g/mol. The Morgan fingerprint density at radius 2 is 1.78 bits per heavy atom. The first-order chi connectivity index (χ1) is 13.0. The number of rotatable bonds is 6. The molecular weight excluding hydrogens is 344 g/mol. The van der Waals surface area contributed by atoms with Gasteiger partial charge in [0.05, 0.1) is 24.9 Å². The summed E-state index contributed by atoms with van der Waals surface area (Å²) in [7, 11) is 1.58. The lowest BCUT2D eigenvalue weighted by Gasteiger charge is -2.37. The number of imide groups is 1. The van der Waals surface area contributed by atoms with E-state index in [1.165, 1.54) is 4.90 Å². The summed E-state index contributed by atoms with van der Waals surface area (Å²) >= 11 is 0. The van der Waals surface area contributed by atoms with E-state index in [4.69, 9.17) is 9.47 Å². The highest BCUT2D eigenvalue weighted by Crippen LogP contribution is 2.37. The van der Waals surface area contributed by atoms with Gasteiger partial charge in [-0.15, -0.1) is 0 Å². The Hall–Kier alpha value is -2.34. The summed E-state index contributed by atoms with van der Waals surface area (Å²) in [6.45, 7) is 7.62. The van der Waals surface area contributed by atoms with Crippen molar-refractivity contribution in [2.24, 2.45) is 0 Å². The van der Waals surface area contributed by atoms with Gasteiger partial charge in [0, 0.05) is 25.2 Å². The van der Waals surface area contributed by atoms with Crippen LogP contribution in [0, 0.1) is 0 Å². The van der Waals surface area contributed by atoms with Gasteiger partial charge in [0.2, 0.25) is 0 Å². The normalized spacial score (nSPS) is 23.4. The van der Waals surface area contributed by atoms with Crippen molar-refractivity contribution in [2.75, 3.05) is 26.7 Å². The number of para-hydroxylation sites is 1. The number of ether oxygens (including phenoxy) is 2. The van der Waals surface area contributed by atoms with Crippen LogP contribution in [-0.2, 0) is 14.3 Å². The molecule has 0 saturated carbocycles. The average Bonchev–Trinajstić information content (AvgIpc) is 2.89. The number of nitrogens with zero attached hydrogens (tertiary/aromatic N) is 2. The minimum absolute atomic E-state index is 0.00670. The molecule has 2 heterocycles. The van der Waals surface area contributed by atoms with Gasteiger partial charge < -0.3 is 14.4 Å². The van der Waals surface area contributed by atoms with Gasteiger partial charge in [0.15, 0.2) is 0 Å². The lowest BCUT2D eigenvalue weighted by atomic mass is 10.0. The molecule has 1 aromatic rings. The van der Waals surface area contributed by atoms with E-state index in [0.717, 1.165) is 12.8 Å². The Kier molecular flexibility index (Phi) is 5.85. The molecule has 6 nitrogen and oxygen atoms in total. The summed E-state index contributed by atoms with van der Waals surface area (Å²) in [5.41, 5.74) is 1.58. The van der Waals surface area contributed by atoms with Crippen LogP contribution in [-0.4, -0.2) is 60.6 Å². The second-order valence-electron chi connectivity index (χ2n) is 7.20. The highest BCUT2D eigenvalue weighted by atomic mass is 16.5. The number of unbranched alkanes of at least 4 members (excludes halogenated alkanes) is 1. The number of amides is 2. The summed E-state index contributed by atoms with van der Waals surface area (Å²) in [5, 5.41) is 0. The molecule has 1 saturated heterocycles. The quantitative estimate of drug-likeness (QED) is 0.719. The molecule has 2 atom stereocenters. The molecule has 0 aromatic heterocycles. The molecule has 146 valence electrons. The largest absolute Gasteiger partial charge is 0.496 e. The molecule has 1 fully saturated rings. The van der Waals surface area contributed by atoms with Crippen LogP contribution in [0.15, 0.2) is 30.0 Å².